The zero-order chi connectivity index (χ0) is 18.4. The van der Waals surface area contributed by atoms with E-state index in [2.05, 4.69) is 56.1 Å². The molecule has 25 heavy (non-hydrogen) atoms. The van der Waals surface area contributed by atoms with Crippen molar-refractivity contribution in [3.05, 3.63) is 47.0 Å². The largest absolute Gasteiger partial charge is 0.285 e. The first-order valence-electron chi connectivity index (χ1n) is 8.69. The van der Waals surface area contributed by atoms with Gasteiger partial charge in [-0.25, -0.2) is 0 Å². The lowest BCUT2D eigenvalue weighted by molar-refractivity contribution is -0.124. The predicted molar refractivity (Wildman–Crippen MR) is 108 cm³/mol. The maximum absolute atomic E-state index is 12.3. The highest BCUT2D eigenvalue weighted by Crippen LogP contribution is 2.26. The van der Waals surface area contributed by atoms with E-state index in [9.17, 15) is 4.79 Å². The molecule has 5 heteroatoms. The standard InChI is InChI=1S/C20H27N3OS/c1-14(2)10-16(5)11-21-22-20-23(19(24)13-25-20)12-17-8-6-7-9-18(17)15(3)4/h6-11,14-15H,12-13H2,1-5H3/b16-10-,21-11+,22-20-. The van der Waals surface area contributed by atoms with E-state index in [0.717, 1.165) is 5.57 Å². The number of carbonyl (C=O) groups excluding carboxylic acids is 1. The number of amides is 1. The van der Waals surface area contributed by atoms with Gasteiger partial charge in [0, 0.05) is 0 Å². The van der Waals surface area contributed by atoms with Crippen molar-refractivity contribution >= 4 is 29.1 Å². The van der Waals surface area contributed by atoms with E-state index in [0.29, 0.717) is 29.3 Å². The van der Waals surface area contributed by atoms with Crippen LogP contribution in [0.1, 0.15) is 51.7 Å². The van der Waals surface area contributed by atoms with Gasteiger partial charge in [-0.3, -0.25) is 9.69 Å². The molecule has 0 N–H and O–H groups in total. The first-order chi connectivity index (χ1) is 11.9. The maximum Gasteiger partial charge on any atom is 0.239 e. The van der Waals surface area contributed by atoms with Crippen LogP contribution in [0.2, 0.25) is 0 Å². The molecule has 0 saturated carbocycles. The molecule has 0 radical (unpaired) electrons. The van der Waals surface area contributed by atoms with Crippen LogP contribution in [0.25, 0.3) is 0 Å². The summed E-state index contributed by atoms with van der Waals surface area (Å²) in [6, 6.07) is 8.27. The molecule has 1 aliphatic rings. The Labute approximate surface area is 155 Å². The van der Waals surface area contributed by atoms with Crippen molar-refractivity contribution in [2.24, 2.45) is 16.1 Å². The van der Waals surface area contributed by atoms with Crippen LogP contribution < -0.4 is 0 Å². The Morgan fingerprint density at radius 3 is 2.68 bits per heavy atom. The summed E-state index contributed by atoms with van der Waals surface area (Å²) in [5.41, 5.74) is 3.51. The minimum absolute atomic E-state index is 0.0898. The highest BCUT2D eigenvalue weighted by Gasteiger charge is 2.29. The summed E-state index contributed by atoms with van der Waals surface area (Å²) in [5, 5.41) is 9.13. The third-order valence-corrected chi connectivity index (χ3v) is 4.81. The Bertz CT molecular complexity index is 705. The Balaban J connectivity index is 2.17. The van der Waals surface area contributed by atoms with E-state index in [1.807, 2.05) is 19.1 Å². The van der Waals surface area contributed by atoms with Gasteiger partial charge in [0.15, 0.2) is 5.17 Å². The zero-order valence-electron chi connectivity index (χ0n) is 15.7. The quantitative estimate of drug-likeness (QED) is 0.541. The smallest absolute Gasteiger partial charge is 0.239 e. The molecule has 1 saturated heterocycles. The van der Waals surface area contributed by atoms with Gasteiger partial charge in [0.2, 0.25) is 5.91 Å². The minimum Gasteiger partial charge on any atom is -0.285 e. The first-order valence-corrected chi connectivity index (χ1v) is 9.67. The fourth-order valence-electron chi connectivity index (χ4n) is 2.78. The van der Waals surface area contributed by atoms with Crippen molar-refractivity contribution in [1.29, 1.82) is 0 Å². The molecule has 0 spiro atoms. The summed E-state index contributed by atoms with van der Waals surface area (Å²) in [6.45, 7) is 11.2. The van der Waals surface area contributed by atoms with Crippen LogP contribution in [0, 0.1) is 5.92 Å². The maximum atomic E-state index is 12.3. The Hall–Kier alpha value is -1.88. The first kappa shape index (κ1) is 19.4. The molecule has 0 unspecified atom stereocenters. The molecular weight excluding hydrogens is 330 g/mol. The highest BCUT2D eigenvalue weighted by atomic mass is 32.2. The normalized spacial score (nSPS) is 17.7. The summed E-state index contributed by atoms with van der Waals surface area (Å²) >= 11 is 1.45. The SMILES string of the molecule is CC(=C/C(C)C)/C=N/N=C1\SCC(=O)N1Cc1ccccc1C(C)C. The molecule has 0 atom stereocenters. The Morgan fingerprint density at radius 1 is 1.28 bits per heavy atom. The van der Waals surface area contributed by atoms with Crippen molar-refractivity contribution in [2.45, 2.75) is 47.1 Å². The molecule has 0 bridgehead atoms. The molecule has 1 aromatic rings. The number of hydrogen-bond acceptors (Lipinski definition) is 4. The van der Waals surface area contributed by atoms with Gasteiger partial charge >= 0.3 is 0 Å². The second-order valence-electron chi connectivity index (χ2n) is 6.90. The van der Waals surface area contributed by atoms with E-state index >= 15 is 0 Å². The van der Waals surface area contributed by atoms with Crippen LogP contribution in [-0.4, -0.2) is 27.9 Å². The van der Waals surface area contributed by atoms with Crippen molar-refractivity contribution in [3.63, 3.8) is 0 Å². The van der Waals surface area contributed by atoms with Crippen LogP contribution in [0.15, 0.2) is 46.1 Å². The van der Waals surface area contributed by atoms with Gasteiger partial charge in [0.1, 0.15) is 0 Å². The number of allylic oxidation sites excluding steroid dienone is 2. The van der Waals surface area contributed by atoms with Crippen LogP contribution in [0.3, 0.4) is 0 Å². The number of hydrogen-bond donors (Lipinski definition) is 0. The van der Waals surface area contributed by atoms with Crippen LogP contribution in [0.5, 0.6) is 0 Å². The fraction of sp³-hybridized carbons (Fsp3) is 0.450. The minimum atomic E-state index is 0.0898. The number of carbonyl (C=O) groups is 1. The lowest BCUT2D eigenvalue weighted by Gasteiger charge is -2.19. The number of rotatable bonds is 6. The number of nitrogens with zero attached hydrogens (tertiary/aromatic N) is 3. The molecule has 1 fully saturated rings. The molecule has 1 amide bonds. The van der Waals surface area contributed by atoms with Crippen LogP contribution >= 0.6 is 11.8 Å². The predicted octanol–water partition coefficient (Wildman–Crippen LogP) is 4.83. The molecular formula is C20H27N3OS. The molecule has 2 rings (SSSR count). The summed E-state index contributed by atoms with van der Waals surface area (Å²) in [6.07, 6.45) is 3.88. The molecule has 0 aromatic heterocycles. The van der Waals surface area contributed by atoms with Gasteiger partial charge in [0.05, 0.1) is 18.5 Å². The number of benzene rings is 1. The van der Waals surface area contributed by atoms with Gasteiger partial charge in [0.25, 0.3) is 0 Å². The van der Waals surface area contributed by atoms with Gasteiger partial charge in [-0.2, -0.15) is 5.10 Å². The third kappa shape index (κ3) is 5.56. The second kappa shape index (κ2) is 8.99. The molecule has 0 aliphatic carbocycles. The van der Waals surface area contributed by atoms with Crippen LogP contribution in [-0.2, 0) is 11.3 Å². The summed E-state index contributed by atoms with van der Waals surface area (Å²) in [5.74, 6) is 1.42. The van der Waals surface area contributed by atoms with Gasteiger partial charge in [-0.1, -0.05) is 69.8 Å². The van der Waals surface area contributed by atoms with Crippen molar-refractivity contribution in [1.82, 2.24) is 4.90 Å². The van der Waals surface area contributed by atoms with Gasteiger partial charge in [-0.05, 0) is 35.5 Å². The zero-order valence-corrected chi connectivity index (χ0v) is 16.5. The molecule has 1 aliphatic heterocycles. The van der Waals surface area contributed by atoms with E-state index in [-0.39, 0.29) is 5.91 Å². The average Bonchev–Trinajstić information content (AvgIpc) is 2.88. The van der Waals surface area contributed by atoms with Gasteiger partial charge in [-0.15, -0.1) is 5.10 Å². The summed E-state index contributed by atoms with van der Waals surface area (Å²) < 4.78 is 0. The number of thioether (sulfide) groups is 1. The monoisotopic (exact) mass is 357 g/mol. The van der Waals surface area contributed by atoms with E-state index < -0.39 is 0 Å². The van der Waals surface area contributed by atoms with E-state index in [1.54, 1.807) is 11.1 Å². The highest BCUT2D eigenvalue weighted by molar-refractivity contribution is 8.15. The summed E-state index contributed by atoms with van der Waals surface area (Å²) in [7, 11) is 0. The fourth-order valence-corrected chi connectivity index (χ4v) is 3.61. The Morgan fingerprint density at radius 2 is 2.00 bits per heavy atom. The summed E-state index contributed by atoms with van der Waals surface area (Å²) in [4.78, 5) is 14.0. The lowest BCUT2D eigenvalue weighted by atomic mass is 9.97. The topological polar surface area (TPSA) is 45.0 Å². The second-order valence-corrected chi connectivity index (χ2v) is 7.85. The van der Waals surface area contributed by atoms with E-state index in [4.69, 9.17) is 0 Å². The molecule has 1 heterocycles. The van der Waals surface area contributed by atoms with Gasteiger partial charge < -0.3 is 0 Å². The van der Waals surface area contributed by atoms with Crippen molar-refractivity contribution in [2.75, 3.05) is 5.75 Å². The van der Waals surface area contributed by atoms with Crippen LogP contribution in [0.4, 0.5) is 0 Å². The van der Waals surface area contributed by atoms with Crippen molar-refractivity contribution < 1.29 is 4.79 Å². The van der Waals surface area contributed by atoms with E-state index in [1.165, 1.54) is 22.9 Å². The third-order valence-electron chi connectivity index (χ3n) is 3.86. The number of amidine groups is 1. The lowest BCUT2D eigenvalue weighted by Crippen LogP contribution is -2.29. The average molecular weight is 358 g/mol. The van der Waals surface area contributed by atoms with Crippen molar-refractivity contribution in [3.8, 4) is 0 Å². The Kier molecular flexibility index (Phi) is 7.00. The molecule has 1 aromatic carbocycles. The molecule has 134 valence electrons. The molecule has 4 nitrogen and oxygen atoms in total.